The van der Waals surface area contributed by atoms with Gasteiger partial charge in [0.15, 0.2) is 19.7 Å². The number of sulfone groups is 2. The van der Waals surface area contributed by atoms with Gasteiger partial charge in [0.1, 0.15) is 0 Å². The third-order valence-corrected chi connectivity index (χ3v) is 16.1. The maximum absolute atomic E-state index is 13.0. The van der Waals surface area contributed by atoms with Crippen LogP contribution in [0.5, 0.6) is 0 Å². The van der Waals surface area contributed by atoms with Crippen molar-refractivity contribution in [2.75, 3.05) is 11.5 Å². The van der Waals surface area contributed by atoms with E-state index < -0.39 is 47.0 Å². The third kappa shape index (κ3) is 13.0. The van der Waals surface area contributed by atoms with E-state index in [-0.39, 0.29) is 32.1 Å². The Balaban J connectivity index is 0.000000284. The molecule has 3 aromatic carbocycles. The molecule has 1 aliphatic rings. The van der Waals surface area contributed by atoms with Gasteiger partial charge in [0.05, 0.1) is 37.4 Å². The van der Waals surface area contributed by atoms with Gasteiger partial charge in [-0.1, -0.05) is 77.9 Å². The monoisotopic (exact) mass is 960 g/mol. The Morgan fingerprint density at radius 2 is 0.980 bits per heavy atom. The summed E-state index contributed by atoms with van der Waals surface area (Å²) in [7, 11) is -5.91. The van der Waals surface area contributed by atoms with Crippen molar-refractivity contribution < 1.29 is 34.6 Å². The van der Waals surface area contributed by atoms with Crippen LogP contribution >= 0.6 is 58.5 Å². The molecule has 1 aliphatic heterocycles. The average molecular weight is 964 g/mol. The molecule has 0 spiro atoms. The molecule has 0 amide bonds. The van der Waals surface area contributed by atoms with Gasteiger partial charge in [0.2, 0.25) is 0 Å². The maximum atomic E-state index is 13.0. The predicted molar refractivity (Wildman–Crippen MR) is 214 cm³/mol. The fourth-order valence-electron chi connectivity index (χ4n) is 4.64. The maximum Gasteiger partial charge on any atom is 0.496 e. The van der Waals surface area contributed by atoms with Crippen molar-refractivity contribution >= 4 is 99.8 Å². The fourth-order valence-corrected chi connectivity index (χ4v) is 13.1. The van der Waals surface area contributed by atoms with E-state index >= 15 is 0 Å². The summed E-state index contributed by atoms with van der Waals surface area (Å²) in [6.45, 7) is 19.3. The van der Waals surface area contributed by atoms with Crippen LogP contribution in [-0.4, -0.2) is 55.1 Å². The van der Waals surface area contributed by atoms with Crippen LogP contribution in [0.15, 0.2) is 94.8 Å². The molecular weight excluding hydrogens is 919 g/mol. The van der Waals surface area contributed by atoms with Crippen LogP contribution in [-0.2, 0) is 38.0 Å². The molecule has 0 unspecified atom stereocenters. The van der Waals surface area contributed by atoms with E-state index in [1.165, 1.54) is 6.07 Å². The zero-order chi connectivity index (χ0) is 38.7. The summed E-state index contributed by atoms with van der Waals surface area (Å²) in [6.07, 6.45) is 0. The van der Waals surface area contributed by atoms with Crippen LogP contribution in [0, 0.1) is 10.8 Å². The summed E-state index contributed by atoms with van der Waals surface area (Å²) in [6, 6.07) is 18.6. The molecule has 0 radical (unpaired) electrons. The number of halogens is 4. The molecule has 8 nitrogen and oxygen atoms in total. The predicted octanol–water partition coefficient (Wildman–Crippen LogP) is 9.21. The molecular formula is C34H45BBr3ClO8S3. The second kappa shape index (κ2) is 16.7. The molecule has 0 aliphatic carbocycles. The van der Waals surface area contributed by atoms with Crippen molar-refractivity contribution in [1.29, 1.82) is 0 Å². The Morgan fingerprint density at radius 3 is 1.36 bits per heavy atom. The number of rotatable bonds is 6. The van der Waals surface area contributed by atoms with Gasteiger partial charge in [0, 0.05) is 29.6 Å². The van der Waals surface area contributed by atoms with Crippen LogP contribution < -0.4 is 5.46 Å². The van der Waals surface area contributed by atoms with Crippen LogP contribution in [0.25, 0.3) is 0 Å². The first kappa shape index (κ1) is 45.4. The summed E-state index contributed by atoms with van der Waals surface area (Å²) in [5.41, 5.74) is -1.07. The lowest BCUT2D eigenvalue weighted by atomic mass is 9.79. The topological polar surface area (TPSA) is 121 Å². The minimum Gasteiger partial charge on any atom is -0.399 e. The van der Waals surface area contributed by atoms with Gasteiger partial charge >= 0.3 is 7.12 Å². The fraction of sp³-hybridized carbons (Fsp3) is 0.471. The number of hydrogen-bond donors (Lipinski definition) is 0. The van der Waals surface area contributed by atoms with Crippen molar-refractivity contribution in [2.24, 2.45) is 10.8 Å². The lowest BCUT2D eigenvalue weighted by Gasteiger charge is -2.32. The zero-order valence-electron chi connectivity index (χ0n) is 29.8. The van der Waals surface area contributed by atoms with Crippen LogP contribution in [0.2, 0.25) is 0 Å². The zero-order valence-corrected chi connectivity index (χ0v) is 37.8. The van der Waals surface area contributed by atoms with Gasteiger partial charge in [0.25, 0.3) is 9.05 Å². The standard InChI is InChI=1S/C17H26BBrO4S.C11H15BrO2S.C6H4BrClO2S/c1-15(2,3)11-24(20,21)14-12(9-8-10-13(14)19)18-22-16(4,5)17(6,7)23-18;1-11(2,3)8-15(13,14)10-7-5-4-6-9(10)12;7-5-3-1-2-4-6(5)11(8,9)10/h8-10H,11H2,1-7H3;4-7H,8H2,1-3H3;1-4H. The summed E-state index contributed by atoms with van der Waals surface area (Å²) in [5, 5.41) is 0. The smallest absolute Gasteiger partial charge is 0.399 e. The van der Waals surface area contributed by atoms with E-state index in [0.29, 0.717) is 23.8 Å². The van der Waals surface area contributed by atoms with E-state index in [0.717, 1.165) is 0 Å². The summed E-state index contributed by atoms with van der Waals surface area (Å²) in [5.74, 6) is 0.206. The molecule has 3 aromatic rings. The molecule has 1 fully saturated rings. The van der Waals surface area contributed by atoms with E-state index in [4.69, 9.17) is 20.0 Å². The molecule has 1 saturated heterocycles. The second-order valence-electron chi connectivity index (χ2n) is 15.2. The molecule has 16 heteroatoms. The first-order valence-corrected chi connectivity index (χ1v) is 23.4. The quantitative estimate of drug-likeness (QED) is 0.177. The summed E-state index contributed by atoms with van der Waals surface area (Å²) < 4.78 is 85.5. The van der Waals surface area contributed by atoms with Crippen molar-refractivity contribution in [3.8, 4) is 0 Å². The van der Waals surface area contributed by atoms with E-state index in [1.807, 2.05) is 69.2 Å². The molecule has 0 aromatic heterocycles. The highest BCUT2D eigenvalue weighted by Gasteiger charge is 2.53. The molecule has 0 N–H and O–H groups in total. The van der Waals surface area contributed by atoms with E-state index in [1.54, 1.807) is 60.7 Å². The Morgan fingerprint density at radius 1 is 0.600 bits per heavy atom. The van der Waals surface area contributed by atoms with Gasteiger partial charge < -0.3 is 9.31 Å². The Hall–Kier alpha value is -0.775. The second-order valence-corrected chi connectivity index (χ2v) is 24.2. The van der Waals surface area contributed by atoms with Crippen molar-refractivity contribution in [3.63, 3.8) is 0 Å². The van der Waals surface area contributed by atoms with Gasteiger partial charge in [-0.2, -0.15) is 0 Å². The SMILES string of the molecule is CC(C)(C)CS(=O)(=O)c1c(Br)cccc1B1OC(C)(C)C(C)(C)O1.CC(C)(C)CS(=O)(=O)c1ccccc1Br.O=S(=O)(Cl)c1ccccc1Br. The lowest BCUT2D eigenvalue weighted by molar-refractivity contribution is 0.00578. The minimum atomic E-state index is -3.61. The third-order valence-electron chi connectivity index (χ3n) is 7.33. The Kier molecular flexibility index (Phi) is 15.2. The molecule has 278 valence electrons. The lowest BCUT2D eigenvalue weighted by Crippen LogP contribution is -2.41. The van der Waals surface area contributed by atoms with Gasteiger partial charge in [-0.3, -0.25) is 0 Å². The van der Waals surface area contributed by atoms with Crippen molar-refractivity contribution in [2.45, 2.75) is 95.1 Å². The highest BCUT2D eigenvalue weighted by Crippen LogP contribution is 2.38. The van der Waals surface area contributed by atoms with Crippen LogP contribution in [0.4, 0.5) is 0 Å². The highest BCUT2D eigenvalue weighted by molar-refractivity contribution is 9.11. The van der Waals surface area contributed by atoms with Crippen LogP contribution in [0.3, 0.4) is 0 Å². The van der Waals surface area contributed by atoms with Gasteiger partial charge in [-0.15, -0.1) is 0 Å². The van der Waals surface area contributed by atoms with Crippen molar-refractivity contribution in [1.82, 2.24) is 0 Å². The highest BCUT2D eigenvalue weighted by atomic mass is 79.9. The van der Waals surface area contributed by atoms with Crippen molar-refractivity contribution in [3.05, 3.63) is 80.1 Å². The molecule has 0 saturated carbocycles. The van der Waals surface area contributed by atoms with Crippen LogP contribution in [0.1, 0.15) is 69.2 Å². The first-order valence-electron chi connectivity index (χ1n) is 15.4. The molecule has 0 bridgehead atoms. The first-order chi connectivity index (χ1) is 22.4. The molecule has 4 rings (SSSR count). The average Bonchev–Trinajstić information content (AvgIpc) is 3.12. The largest absolute Gasteiger partial charge is 0.496 e. The molecule has 50 heavy (non-hydrogen) atoms. The van der Waals surface area contributed by atoms with Gasteiger partial charge in [-0.05, 0) is 117 Å². The van der Waals surface area contributed by atoms with E-state index in [2.05, 4.69) is 47.8 Å². The Bertz CT molecular complexity index is 1970. The van der Waals surface area contributed by atoms with Gasteiger partial charge in [-0.25, -0.2) is 25.3 Å². The normalized spacial score (nSPS) is 16.2. The van der Waals surface area contributed by atoms with E-state index in [9.17, 15) is 25.3 Å². The Labute approximate surface area is 329 Å². The molecule has 0 atom stereocenters. The number of hydrogen-bond acceptors (Lipinski definition) is 8. The number of benzene rings is 3. The summed E-state index contributed by atoms with van der Waals surface area (Å²) in [4.78, 5) is 0.736. The molecule has 1 heterocycles. The minimum absolute atomic E-state index is 0.0507. The summed E-state index contributed by atoms with van der Waals surface area (Å²) >= 11 is 9.73.